The molecular formula is C16H14F3NOS. The van der Waals surface area contributed by atoms with Crippen LogP contribution in [-0.4, -0.2) is 16.3 Å². The Labute approximate surface area is 130 Å². The molecule has 2 bridgehead atoms. The third kappa shape index (κ3) is 2.87. The molecule has 0 spiro atoms. The van der Waals surface area contributed by atoms with Gasteiger partial charge in [-0.3, -0.25) is 4.79 Å². The lowest BCUT2D eigenvalue weighted by molar-refractivity contribution is -0.137. The van der Waals surface area contributed by atoms with E-state index < -0.39 is 11.7 Å². The maximum Gasteiger partial charge on any atom is 0.416 e. The highest BCUT2D eigenvalue weighted by atomic mass is 32.2. The van der Waals surface area contributed by atoms with Gasteiger partial charge in [-0.05, 0) is 43.9 Å². The zero-order chi connectivity index (χ0) is 15.9. The molecule has 0 aliphatic carbocycles. The predicted octanol–water partition coefficient (Wildman–Crippen LogP) is 4.43. The normalized spacial score (nSPS) is 27.5. The topological polar surface area (TPSA) is 40.9 Å². The van der Waals surface area contributed by atoms with Gasteiger partial charge in [0.25, 0.3) is 0 Å². The molecular weight excluding hydrogens is 311 g/mol. The molecule has 2 aliphatic rings. The van der Waals surface area contributed by atoms with Crippen LogP contribution < -0.4 is 0 Å². The number of carbonyl (C=O) groups is 1. The standard InChI is InChI=1S/C16H14F3NOS/c17-16(18,19)11-1-4-14(10(5-11)8-20)15(21)9-6-12-2-3-13(7-9)22-12/h1,4-5,9,12-13H,2-3,6-7H2. The third-order valence-corrected chi connectivity index (χ3v) is 6.02. The van der Waals surface area contributed by atoms with E-state index in [-0.39, 0.29) is 22.8 Å². The summed E-state index contributed by atoms with van der Waals surface area (Å²) in [6.07, 6.45) is -0.750. The summed E-state index contributed by atoms with van der Waals surface area (Å²) in [4.78, 5) is 12.6. The summed E-state index contributed by atoms with van der Waals surface area (Å²) in [7, 11) is 0. The van der Waals surface area contributed by atoms with Crippen LogP contribution in [0.15, 0.2) is 18.2 Å². The van der Waals surface area contributed by atoms with Crippen molar-refractivity contribution >= 4 is 17.5 Å². The Balaban J connectivity index is 1.88. The molecule has 0 saturated carbocycles. The maximum absolute atomic E-state index is 12.7. The Morgan fingerprint density at radius 3 is 2.41 bits per heavy atom. The number of halogens is 3. The second kappa shape index (κ2) is 5.62. The van der Waals surface area contributed by atoms with Gasteiger partial charge >= 0.3 is 6.18 Å². The largest absolute Gasteiger partial charge is 0.416 e. The molecule has 2 nitrogen and oxygen atoms in total. The second-order valence-corrected chi connectivity index (χ2v) is 7.47. The zero-order valence-corrected chi connectivity index (χ0v) is 12.5. The molecule has 3 rings (SSSR count). The van der Waals surface area contributed by atoms with E-state index in [1.807, 2.05) is 11.8 Å². The van der Waals surface area contributed by atoms with Crippen LogP contribution in [-0.2, 0) is 6.18 Å². The number of nitrogens with zero attached hydrogens (tertiary/aromatic N) is 1. The van der Waals surface area contributed by atoms with E-state index in [1.165, 1.54) is 0 Å². The van der Waals surface area contributed by atoms with Gasteiger partial charge in [-0.2, -0.15) is 30.2 Å². The summed E-state index contributed by atoms with van der Waals surface area (Å²) in [5.74, 6) is -0.343. The van der Waals surface area contributed by atoms with Gasteiger partial charge in [0.2, 0.25) is 0 Å². The van der Waals surface area contributed by atoms with E-state index in [2.05, 4.69) is 0 Å². The molecule has 2 atom stereocenters. The van der Waals surface area contributed by atoms with Crippen LogP contribution in [0.5, 0.6) is 0 Å². The summed E-state index contributed by atoms with van der Waals surface area (Å²) >= 11 is 1.92. The lowest BCUT2D eigenvalue weighted by atomic mass is 9.88. The Kier molecular flexibility index (Phi) is 3.94. The molecule has 2 unspecified atom stereocenters. The number of fused-ring (bicyclic) bond motifs is 2. The third-order valence-electron chi connectivity index (χ3n) is 4.39. The van der Waals surface area contributed by atoms with Gasteiger partial charge in [-0.15, -0.1) is 0 Å². The zero-order valence-electron chi connectivity index (χ0n) is 11.7. The van der Waals surface area contributed by atoms with Gasteiger partial charge in [0, 0.05) is 22.0 Å². The van der Waals surface area contributed by atoms with Crippen molar-refractivity contribution in [2.24, 2.45) is 5.92 Å². The lowest BCUT2D eigenvalue weighted by Gasteiger charge is -2.26. The summed E-state index contributed by atoms with van der Waals surface area (Å²) in [6.45, 7) is 0. The Morgan fingerprint density at radius 2 is 1.86 bits per heavy atom. The fraction of sp³-hybridized carbons (Fsp3) is 0.500. The smallest absolute Gasteiger partial charge is 0.294 e. The second-order valence-electron chi connectivity index (χ2n) is 5.86. The molecule has 2 heterocycles. The first-order valence-corrected chi connectivity index (χ1v) is 8.14. The molecule has 22 heavy (non-hydrogen) atoms. The summed E-state index contributed by atoms with van der Waals surface area (Å²) in [5, 5.41) is 10.1. The summed E-state index contributed by atoms with van der Waals surface area (Å²) in [5.41, 5.74) is -0.933. The van der Waals surface area contributed by atoms with Crippen LogP contribution in [0.1, 0.15) is 47.2 Å². The first-order chi connectivity index (χ1) is 10.4. The van der Waals surface area contributed by atoms with E-state index in [1.54, 1.807) is 6.07 Å². The summed E-state index contributed by atoms with van der Waals surface area (Å²) in [6, 6.07) is 4.57. The van der Waals surface area contributed by atoms with Crippen LogP contribution in [0.2, 0.25) is 0 Å². The molecule has 6 heteroatoms. The minimum absolute atomic E-state index is 0.131. The molecule has 0 amide bonds. The van der Waals surface area contributed by atoms with Crippen molar-refractivity contribution < 1.29 is 18.0 Å². The highest BCUT2D eigenvalue weighted by Crippen LogP contribution is 2.46. The average Bonchev–Trinajstić information content (AvgIpc) is 2.83. The van der Waals surface area contributed by atoms with Crippen LogP contribution in [0.25, 0.3) is 0 Å². The van der Waals surface area contributed by atoms with E-state index in [0.29, 0.717) is 10.5 Å². The van der Waals surface area contributed by atoms with Crippen molar-refractivity contribution in [1.29, 1.82) is 5.26 Å². The molecule has 2 fully saturated rings. The number of carbonyl (C=O) groups excluding carboxylic acids is 1. The van der Waals surface area contributed by atoms with Crippen molar-refractivity contribution in [3.8, 4) is 6.07 Å². The number of ketones is 1. The van der Waals surface area contributed by atoms with Gasteiger partial charge in [-0.25, -0.2) is 0 Å². The number of Topliss-reactive ketones (excluding diaryl/α,β-unsaturated/α-hetero) is 1. The van der Waals surface area contributed by atoms with E-state index >= 15 is 0 Å². The number of thioether (sulfide) groups is 1. The highest BCUT2D eigenvalue weighted by molar-refractivity contribution is 8.00. The van der Waals surface area contributed by atoms with Gasteiger partial charge in [0.05, 0.1) is 17.2 Å². The fourth-order valence-corrected chi connectivity index (χ4v) is 5.10. The minimum atomic E-state index is -4.51. The molecule has 1 aromatic carbocycles. The number of hydrogen-bond donors (Lipinski definition) is 0. The van der Waals surface area contributed by atoms with Crippen LogP contribution >= 0.6 is 11.8 Å². The molecule has 2 aliphatic heterocycles. The minimum Gasteiger partial charge on any atom is -0.294 e. The lowest BCUT2D eigenvalue weighted by Crippen LogP contribution is -2.25. The Hall–Kier alpha value is -1.48. The first kappa shape index (κ1) is 15.4. The van der Waals surface area contributed by atoms with Crippen LogP contribution in [0, 0.1) is 17.2 Å². The monoisotopic (exact) mass is 325 g/mol. The highest BCUT2D eigenvalue weighted by Gasteiger charge is 2.39. The number of rotatable bonds is 2. The maximum atomic E-state index is 12.7. The van der Waals surface area contributed by atoms with Crippen LogP contribution in [0.4, 0.5) is 13.2 Å². The van der Waals surface area contributed by atoms with E-state index in [4.69, 9.17) is 5.26 Å². The van der Waals surface area contributed by atoms with Crippen molar-refractivity contribution in [3.63, 3.8) is 0 Å². The molecule has 2 saturated heterocycles. The van der Waals surface area contributed by atoms with Gasteiger partial charge in [-0.1, -0.05) is 0 Å². The van der Waals surface area contributed by atoms with Gasteiger partial charge in [0.15, 0.2) is 5.78 Å². The summed E-state index contributed by atoms with van der Waals surface area (Å²) < 4.78 is 38.1. The van der Waals surface area contributed by atoms with E-state index in [9.17, 15) is 18.0 Å². The SMILES string of the molecule is N#Cc1cc(C(F)(F)F)ccc1C(=O)C1CC2CCC(C1)S2. The molecule has 1 aromatic rings. The molecule has 0 N–H and O–H groups in total. The van der Waals surface area contributed by atoms with Crippen molar-refractivity contribution in [2.75, 3.05) is 0 Å². The number of alkyl halides is 3. The van der Waals surface area contributed by atoms with Crippen LogP contribution in [0.3, 0.4) is 0 Å². The predicted molar refractivity (Wildman–Crippen MR) is 77.6 cm³/mol. The van der Waals surface area contributed by atoms with Crippen molar-refractivity contribution in [2.45, 2.75) is 42.4 Å². The van der Waals surface area contributed by atoms with E-state index in [0.717, 1.165) is 43.9 Å². The molecule has 116 valence electrons. The first-order valence-electron chi connectivity index (χ1n) is 7.19. The van der Waals surface area contributed by atoms with Crippen molar-refractivity contribution in [3.05, 3.63) is 34.9 Å². The molecule has 0 aromatic heterocycles. The van der Waals surface area contributed by atoms with Gasteiger partial charge < -0.3 is 0 Å². The number of benzene rings is 1. The Morgan fingerprint density at radius 1 is 1.23 bits per heavy atom. The number of hydrogen-bond acceptors (Lipinski definition) is 3. The molecule has 0 radical (unpaired) electrons. The van der Waals surface area contributed by atoms with Gasteiger partial charge in [0.1, 0.15) is 0 Å². The quantitative estimate of drug-likeness (QED) is 0.755. The number of nitriles is 1. The average molecular weight is 325 g/mol. The Bertz CT molecular complexity index is 638. The fourth-order valence-electron chi connectivity index (χ4n) is 3.32. The van der Waals surface area contributed by atoms with Crippen molar-refractivity contribution in [1.82, 2.24) is 0 Å².